The van der Waals surface area contributed by atoms with Gasteiger partial charge in [0.25, 0.3) is 0 Å². The molecule has 7 heteroatoms. The molecule has 1 aliphatic rings. The highest BCUT2D eigenvalue weighted by molar-refractivity contribution is 7.89. The predicted molar refractivity (Wildman–Crippen MR) is 98.7 cm³/mol. The fraction of sp³-hybridized carbons (Fsp3) is 0.444. The minimum atomic E-state index is -3.65. The van der Waals surface area contributed by atoms with Gasteiger partial charge < -0.3 is 0 Å². The number of halogens is 1. The Morgan fingerprint density at radius 3 is 2.36 bits per heavy atom. The Morgan fingerprint density at radius 1 is 1.08 bits per heavy atom. The molecule has 1 aliphatic heterocycles. The van der Waals surface area contributed by atoms with Crippen molar-refractivity contribution in [1.82, 2.24) is 9.62 Å². The van der Waals surface area contributed by atoms with Crippen LogP contribution in [0.1, 0.15) is 37.3 Å². The van der Waals surface area contributed by atoms with Gasteiger partial charge in [-0.15, -0.1) is 0 Å². The van der Waals surface area contributed by atoms with Gasteiger partial charge in [-0.05, 0) is 72.6 Å². The number of rotatable bonds is 6. The minimum absolute atomic E-state index is 0.0274. The van der Waals surface area contributed by atoms with Gasteiger partial charge >= 0.3 is 0 Å². The fourth-order valence-corrected chi connectivity index (χ4v) is 4.96. The first-order valence-electron chi connectivity index (χ1n) is 8.58. The van der Waals surface area contributed by atoms with Gasteiger partial charge in [0.1, 0.15) is 5.82 Å². The summed E-state index contributed by atoms with van der Waals surface area (Å²) in [7, 11) is -3.65. The molecule has 1 fully saturated rings. The smallest absolute Gasteiger partial charge is 0.240 e. The van der Waals surface area contributed by atoms with Crippen LogP contribution in [0.25, 0.3) is 0 Å². The predicted octanol–water partition coefficient (Wildman–Crippen LogP) is 3.78. The number of thiophene rings is 1. The van der Waals surface area contributed by atoms with E-state index in [4.69, 9.17) is 0 Å². The molecule has 0 saturated carbocycles. The molecule has 2 aromatic rings. The van der Waals surface area contributed by atoms with E-state index in [9.17, 15) is 12.8 Å². The van der Waals surface area contributed by atoms with Gasteiger partial charge in [-0.3, -0.25) is 4.90 Å². The summed E-state index contributed by atoms with van der Waals surface area (Å²) >= 11 is 1.62. The number of benzene rings is 1. The third kappa shape index (κ3) is 4.88. The SMILES string of the molecule is O=S(=O)(NCC(c1ccsc1)N1CCCCCC1)c1ccc(F)cc1. The van der Waals surface area contributed by atoms with Gasteiger partial charge in [-0.25, -0.2) is 17.5 Å². The molecule has 0 bridgehead atoms. The zero-order valence-corrected chi connectivity index (χ0v) is 15.7. The van der Waals surface area contributed by atoms with Crippen LogP contribution in [0.15, 0.2) is 46.0 Å². The highest BCUT2D eigenvalue weighted by atomic mass is 32.2. The van der Waals surface area contributed by atoms with Crippen molar-refractivity contribution in [3.8, 4) is 0 Å². The average Bonchev–Trinajstić information content (AvgIpc) is 2.98. The largest absolute Gasteiger partial charge is 0.295 e. The second-order valence-electron chi connectivity index (χ2n) is 6.33. The molecule has 0 spiro atoms. The number of nitrogens with one attached hydrogen (secondary N) is 1. The van der Waals surface area contributed by atoms with E-state index in [0.717, 1.165) is 31.5 Å². The zero-order valence-electron chi connectivity index (χ0n) is 14.0. The lowest BCUT2D eigenvalue weighted by Gasteiger charge is -2.30. The molecule has 0 radical (unpaired) electrons. The van der Waals surface area contributed by atoms with E-state index < -0.39 is 15.8 Å². The van der Waals surface area contributed by atoms with E-state index >= 15 is 0 Å². The molecule has 1 aromatic heterocycles. The van der Waals surface area contributed by atoms with Crippen LogP contribution in [-0.2, 0) is 10.0 Å². The van der Waals surface area contributed by atoms with E-state index in [0.29, 0.717) is 6.54 Å². The number of hydrogen-bond acceptors (Lipinski definition) is 4. The molecule has 1 atom stereocenters. The Bertz CT molecular complexity index is 753. The van der Waals surface area contributed by atoms with Crippen LogP contribution in [0, 0.1) is 5.82 Å². The number of nitrogens with zero attached hydrogens (tertiary/aromatic N) is 1. The van der Waals surface area contributed by atoms with Crippen molar-refractivity contribution < 1.29 is 12.8 Å². The monoisotopic (exact) mass is 382 g/mol. The first kappa shape index (κ1) is 18.5. The summed E-state index contributed by atoms with van der Waals surface area (Å²) in [6.45, 7) is 2.29. The van der Waals surface area contributed by atoms with Gasteiger partial charge in [-0.2, -0.15) is 11.3 Å². The normalized spacial score (nSPS) is 18.0. The number of sulfonamides is 1. The Kier molecular flexibility index (Phi) is 6.22. The Labute approximate surface area is 152 Å². The van der Waals surface area contributed by atoms with Crippen molar-refractivity contribution in [2.75, 3.05) is 19.6 Å². The third-order valence-electron chi connectivity index (χ3n) is 4.60. The molecular formula is C18H23FN2O2S2. The molecule has 2 heterocycles. The maximum absolute atomic E-state index is 13.0. The van der Waals surface area contributed by atoms with Gasteiger partial charge in [0.2, 0.25) is 10.0 Å². The first-order chi connectivity index (χ1) is 12.1. The third-order valence-corrected chi connectivity index (χ3v) is 6.74. The van der Waals surface area contributed by atoms with Gasteiger partial charge in [0, 0.05) is 12.6 Å². The summed E-state index contributed by atoms with van der Waals surface area (Å²) in [6.07, 6.45) is 4.75. The molecule has 0 aliphatic carbocycles. The molecule has 25 heavy (non-hydrogen) atoms. The average molecular weight is 383 g/mol. The maximum atomic E-state index is 13.0. The molecule has 1 N–H and O–H groups in total. The Balaban J connectivity index is 1.75. The number of likely N-dealkylation sites (tertiary alicyclic amines) is 1. The quantitative estimate of drug-likeness (QED) is 0.827. The Morgan fingerprint density at radius 2 is 1.76 bits per heavy atom. The highest BCUT2D eigenvalue weighted by Crippen LogP contribution is 2.26. The summed E-state index contributed by atoms with van der Waals surface area (Å²) in [5.41, 5.74) is 1.15. The van der Waals surface area contributed by atoms with Crippen LogP contribution in [0.2, 0.25) is 0 Å². The van der Waals surface area contributed by atoms with Gasteiger partial charge in [0.15, 0.2) is 0 Å². The van der Waals surface area contributed by atoms with E-state index in [1.165, 1.54) is 37.1 Å². The summed E-state index contributed by atoms with van der Waals surface area (Å²) in [5.74, 6) is -0.445. The van der Waals surface area contributed by atoms with Gasteiger partial charge in [-0.1, -0.05) is 12.8 Å². The molecule has 136 valence electrons. The van der Waals surface area contributed by atoms with Crippen molar-refractivity contribution in [2.45, 2.75) is 36.6 Å². The standard InChI is InChI=1S/C18H23FN2O2S2/c19-16-5-7-17(8-6-16)25(22,23)20-13-18(15-9-12-24-14-15)21-10-3-1-2-4-11-21/h5-9,12,14,18,20H,1-4,10-11,13H2. The van der Waals surface area contributed by atoms with E-state index in [2.05, 4.69) is 21.1 Å². The lowest BCUT2D eigenvalue weighted by Crippen LogP contribution is -2.38. The second kappa shape index (κ2) is 8.40. The highest BCUT2D eigenvalue weighted by Gasteiger charge is 2.24. The van der Waals surface area contributed by atoms with Crippen LogP contribution in [0.5, 0.6) is 0 Å². The van der Waals surface area contributed by atoms with Crippen LogP contribution in [-0.4, -0.2) is 33.0 Å². The Hall–Kier alpha value is -1.28. The molecule has 4 nitrogen and oxygen atoms in total. The van der Waals surface area contributed by atoms with E-state index in [1.54, 1.807) is 11.3 Å². The molecule has 1 unspecified atom stereocenters. The lowest BCUT2D eigenvalue weighted by atomic mass is 10.1. The molecule has 3 rings (SSSR count). The maximum Gasteiger partial charge on any atom is 0.240 e. The molecule has 1 aromatic carbocycles. The molecule has 0 amide bonds. The van der Waals surface area contributed by atoms with Crippen LogP contribution in [0.4, 0.5) is 4.39 Å². The van der Waals surface area contributed by atoms with Crippen molar-refractivity contribution in [3.05, 3.63) is 52.5 Å². The van der Waals surface area contributed by atoms with Crippen LogP contribution >= 0.6 is 11.3 Å². The summed E-state index contributed by atoms with van der Waals surface area (Å²) in [4.78, 5) is 2.47. The van der Waals surface area contributed by atoms with Gasteiger partial charge in [0.05, 0.1) is 4.90 Å². The van der Waals surface area contributed by atoms with Crippen molar-refractivity contribution in [3.63, 3.8) is 0 Å². The van der Waals surface area contributed by atoms with Crippen LogP contribution in [0.3, 0.4) is 0 Å². The summed E-state index contributed by atoms with van der Waals surface area (Å²) in [5, 5.41) is 4.11. The second-order valence-corrected chi connectivity index (χ2v) is 8.88. The molecular weight excluding hydrogens is 359 g/mol. The zero-order chi connectivity index (χ0) is 17.7. The van der Waals surface area contributed by atoms with Crippen LogP contribution < -0.4 is 4.72 Å². The minimum Gasteiger partial charge on any atom is -0.295 e. The molecule has 1 saturated heterocycles. The first-order valence-corrected chi connectivity index (χ1v) is 11.0. The van der Waals surface area contributed by atoms with Crippen molar-refractivity contribution in [1.29, 1.82) is 0 Å². The summed E-state index contributed by atoms with van der Waals surface area (Å²) in [6, 6.07) is 7.01. The topological polar surface area (TPSA) is 49.4 Å². The van der Waals surface area contributed by atoms with E-state index in [-0.39, 0.29) is 10.9 Å². The van der Waals surface area contributed by atoms with Crippen molar-refractivity contribution in [2.24, 2.45) is 0 Å². The van der Waals surface area contributed by atoms with Crippen molar-refractivity contribution >= 4 is 21.4 Å². The summed E-state index contributed by atoms with van der Waals surface area (Å²) < 4.78 is 40.8. The fourth-order valence-electron chi connectivity index (χ4n) is 3.21. The van der Waals surface area contributed by atoms with E-state index in [1.807, 2.05) is 5.38 Å². The lowest BCUT2D eigenvalue weighted by molar-refractivity contribution is 0.206. The number of hydrogen-bond donors (Lipinski definition) is 1.